The monoisotopic (exact) mass is 268 g/mol. The maximum absolute atomic E-state index is 12.8. The second kappa shape index (κ2) is 8.57. The van der Waals surface area contributed by atoms with E-state index in [-0.39, 0.29) is 5.92 Å². The van der Waals surface area contributed by atoms with Gasteiger partial charge in [-0.15, -0.1) is 0 Å². The number of carbonyl (C=O) groups excluding carboxylic acids is 1. The van der Waals surface area contributed by atoms with Crippen LogP contribution in [0.2, 0.25) is 0 Å². The summed E-state index contributed by atoms with van der Waals surface area (Å²) in [5, 5.41) is 3.51. The third kappa shape index (κ3) is 5.13. The van der Waals surface area contributed by atoms with Crippen molar-refractivity contribution in [2.75, 3.05) is 13.1 Å². The molecule has 0 aromatic carbocycles. The van der Waals surface area contributed by atoms with Crippen molar-refractivity contribution < 1.29 is 4.79 Å². The third-order valence-electron chi connectivity index (χ3n) is 4.11. The van der Waals surface area contributed by atoms with Crippen molar-refractivity contribution >= 4 is 5.91 Å². The molecule has 1 unspecified atom stereocenters. The zero-order chi connectivity index (χ0) is 14.3. The minimum Gasteiger partial charge on any atom is -0.338 e. The number of carbonyl (C=O) groups is 1. The fourth-order valence-electron chi connectivity index (χ4n) is 3.03. The zero-order valence-corrected chi connectivity index (χ0v) is 13.2. The molecule has 0 saturated carbocycles. The van der Waals surface area contributed by atoms with Crippen molar-refractivity contribution in [2.24, 2.45) is 5.92 Å². The van der Waals surface area contributed by atoms with Crippen LogP contribution in [0, 0.1) is 5.92 Å². The Balaban J connectivity index is 2.63. The van der Waals surface area contributed by atoms with E-state index in [1.807, 2.05) is 0 Å². The number of amides is 1. The number of nitrogens with zero attached hydrogens (tertiary/aromatic N) is 1. The van der Waals surface area contributed by atoms with E-state index in [0.29, 0.717) is 18.0 Å². The van der Waals surface area contributed by atoms with Crippen molar-refractivity contribution in [2.45, 2.75) is 78.3 Å². The van der Waals surface area contributed by atoms with Crippen LogP contribution in [0.15, 0.2) is 0 Å². The molecule has 1 rings (SSSR count). The summed E-state index contributed by atoms with van der Waals surface area (Å²) >= 11 is 0. The van der Waals surface area contributed by atoms with Crippen molar-refractivity contribution in [1.29, 1.82) is 0 Å². The van der Waals surface area contributed by atoms with Gasteiger partial charge in [0.2, 0.25) is 5.91 Å². The molecular weight excluding hydrogens is 236 g/mol. The first kappa shape index (κ1) is 16.5. The maximum Gasteiger partial charge on any atom is 0.225 e. The highest BCUT2D eigenvalue weighted by atomic mass is 16.2. The smallest absolute Gasteiger partial charge is 0.225 e. The molecule has 0 aliphatic carbocycles. The van der Waals surface area contributed by atoms with Crippen LogP contribution in [0.3, 0.4) is 0 Å². The van der Waals surface area contributed by atoms with Gasteiger partial charge in [0.25, 0.3) is 0 Å². The highest BCUT2D eigenvalue weighted by Gasteiger charge is 2.27. The molecule has 1 aliphatic heterocycles. The first-order chi connectivity index (χ1) is 9.10. The third-order valence-corrected chi connectivity index (χ3v) is 4.11. The topological polar surface area (TPSA) is 32.3 Å². The minimum atomic E-state index is 0.235. The van der Waals surface area contributed by atoms with Crippen molar-refractivity contribution in [3.63, 3.8) is 0 Å². The lowest BCUT2D eigenvalue weighted by molar-refractivity contribution is -0.138. The summed E-state index contributed by atoms with van der Waals surface area (Å²) in [5.74, 6) is 0.617. The van der Waals surface area contributed by atoms with Crippen LogP contribution in [-0.2, 0) is 4.79 Å². The van der Waals surface area contributed by atoms with E-state index in [1.165, 1.54) is 12.8 Å². The van der Waals surface area contributed by atoms with Crippen LogP contribution in [0.4, 0.5) is 0 Å². The predicted molar refractivity (Wildman–Crippen MR) is 81.2 cm³/mol. The Kier molecular flexibility index (Phi) is 7.44. The molecule has 19 heavy (non-hydrogen) atoms. The molecule has 0 bridgehead atoms. The molecule has 1 amide bonds. The molecule has 1 N–H and O–H groups in total. The van der Waals surface area contributed by atoms with Gasteiger partial charge in [-0.05, 0) is 46.1 Å². The maximum atomic E-state index is 12.8. The molecule has 0 aromatic rings. The summed E-state index contributed by atoms with van der Waals surface area (Å²) in [5.41, 5.74) is 0. The van der Waals surface area contributed by atoms with Gasteiger partial charge in [0.15, 0.2) is 0 Å². The second-order valence-corrected chi connectivity index (χ2v) is 6.15. The molecule has 0 radical (unpaired) electrons. The fourth-order valence-corrected chi connectivity index (χ4v) is 3.03. The number of hydrogen-bond acceptors (Lipinski definition) is 2. The lowest BCUT2D eigenvalue weighted by Crippen LogP contribution is -2.47. The highest BCUT2D eigenvalue weighted by molar-refractivity contribution is 5.79. The van der Waals surface area contributed by atoms with Gasteiger partial charge in [-0.2, -0.15) is 0 Å². The van der Waals surface area contributed by atoms with Gasteiger partial charge in [-0.25, -0.2) is 0 Å². The van der Waals surface area contributed by atoms with Gasteiger partial charge in [0, 0.05) is 24.5 Å². The van der Waals surface area contributed by atoms with Crippen LogP contribution in [-0.4, -0.2) is 36.0 Å². The SMILES string of the molecule is CCCC(CCC)C(=O)N(CC1CCCN1)C(C)C. The summed E-state index contributed by atoms with van der Waals surface area (Å²) in [7, 11) is 0. The van der Waals surface area contributed by atoms with E-state index in [1.54, 1.807) is 0 Å². The Morgan fingerprint density at radius 2 is 1.89 bits per heavy atom. The number of hydrogen-bond donors (Lipinski definition) is 1. The molecule has 1 heterocycles. The molecule has 1 atom stereocenters. The summed E-state index contributed by atoms with van der Waals surface area (Å²) in [6, 6.07) is 0.821. The highest BCUT2D eigenvalue weighted by Crippen LogP contribution is 2.19. The van der Waals surface area contributed by atoms with E-state index >= 15 is 0 Å². The Morgan fingerprint density at radius 3 is 2.32 bits per heavy atom. The van der Waals surface area contributed by atoms with Crippen LogP contribution < -0.4 is 5.32 Å². The molecule has 0 spiro atoms. The normalized spacial score (nSPS) is 19.4. The average molecular weight is 268 g/mol. The summed E-state index contributed by atoms with van der Waals surface area (Å²) in [6.45, 7) is 10.6. The second-order valence-electron chi connectivity index (χ2n) is 6.15. The predicted octanol–water partition coefficient (Wildman–Crippen LogP) is 3.19. The van der Waals surface area contributed by atoms with Crippen LogP contribution in [0.25, 0.3) is 0 Å². The lowest BCUT2D eigenvalue weighted by atomic mass is 9.95. The zero-order valence-electron chi connectivity index (χ0n) is 13.2. The van der Waals surface area contributed by atoms with Crippen molar-refractivity contribution in [1.82, 2.24) is 10.2 Å². The summed E-state index contributed by atoms with van der Waals surface area (Å²) in [6.07, 6.45) is 6.73. The average Bonchev–Trinajstić information content (AvgIpc) is 2.87. The van der Waals surface area contributed by atoms with E-state index in [0.717, 1.165) is 38.8 Å². The first-order valence-electron chi connectivity index (χ1n) is 8.13. The Hall–Kier alpha value is -0.570. The van der Waals surface area contributed by atoms with Gasteiger partial charge in [0.05, 0.1) is 0 Å². The van der Waals surface area contributed by atoms with Crippen LogP contribution >= 0.6 is 0 Å². The minimum absolute atomic E-state index is 0.235. The van der Waals surface area contributed by atoms with Crippen LogP contribution in [0.5, 0.6) is 0 Å². The number of nitrogens with one attached hydrogen (secondary N) is 1. The van der Waals surface area contributed by atoms with Crippen LogP contribution in [0.1, 0.15) is 66.2 Å². The van der Waals surface area contributed by atoms with Gasteiger partial charge in [-0.3, -0.25) is 4.79 Å². The molecule has 1 saturated heterocycles. The van der Waals surface area contributed by atoms with Crippen molar-refractivity contribution in [3.8, 4) is 0 Å². The van der Waals surface area contributed by atoms with Crippen molar-refractivity contribution in [3.05, 3.63) is 0 Å². The van der Waals surface area contributed by atoms with E-state index < -0.39 is 0 Å². The molecule has 3 nitrogen and oxygen atoms in total. The quantitative estimate of drug-likeness (QED) is 0.733. The molecular formula is C16H32N2O. The summed E-state index contributed by atoms with van der Waals surface area (Å²) in [4.78, 5) is 14.9. The van der Waals surface area contributed by atoms with E-state index in [9.17, 15) is 4.79 Å². The standard InChI is InChI=1S/C16H32N2O/c1-5-8-14(9-6-2)16(19)18(13(3)4)12-15-10-7-11-17-15/h13-15,17H,5-12H2,1-4H3. The first-order valence-corrected chi connectivity index (χ1v) is 8.13. The Labute approximate surface area is 119 Å². The van der Waals surface area contributed by atoms with E-state index in [2.05, 4.69) is 37.9 Å². The van der Waals surface area contributed by atoms with Gasteiger partial charge in [0.1, 0.15) is 0 Å². The molecule has 0 aromatic heterocycles. The van der Waals surface area contributed by atoms with Gasteiger partial charge < -0.3 is 10.2 Å². The Bertz CT molecular complexity index is 253. The van der Waals surface area contributed by atoms with E-state index in [4.69, 9.17) is 0 Å². The Morgan fingerprint density at radius 1 is 1.26 bits per heavy atom. The number of rotatable bonds is 8. The summed E-state index contributed by atoms with van der Waals surface area (Å²) < 4.78 is 0. The molecule has 112 valence electrons. The largest absolute Gasteiger partial charge is 0.338 e. The lowest BCUT2D eigenvalue weighted by Gasteiger charge is -2.33. The van der Waals surface area contributed by atoms with Gasteiger partial charge in [-0.1, -0.05) is 26.7 Å². The molecule has 3 heteroatoms. The fraction of sp³-hybridized carbons (Fsp3) is 0.938. The molecule has 1 aliphatic rings. The van der Waals surface area contributed by atoms with Gasteiger partial charge >= 0.3 is 0 Å². The molecule has 1 fully saturated rings.